The molecule has 3 aromatic rings. The molecule has 0 amide bonds. The first kappa shape index (κ1) is 17.7. The van der Waals surface area contributed by atoms with Gasteiger partial charge < -0.3 is 0 Å². The van der Waals surface area contributed by atoms with E-state index >= 15 is 0 Å². The summed E-state index contributed by atoms with van der Waals surface area (Å²) in [5.41, 5.74) is 2.89. The Bertz CT molecular complexity index is 958. The second-order valence-electron chi connectivity index (χ2n) is 5.68. The first-order chi connectivity index (χ1) is 11.9. The van der Waals surface area contributed by atoms with Gasteiger partial charge in [0.05, 0.1) is 17.1 Å². The van der Waals surface area contributed by atoms with Crippen molar-refractivity contribution in [3.05, 3.63) is 46.5 Å². The van der Waals surface area contributed by atoms with E-state index in [0.717, 1.165) is 21.1 Å². The lowest BCUT2D eigenvalue weighted by Crippen LogP contribution is -2.26. The zero-order valence-corrected chi connectivity index (χ0v) is 15.8. The Balaban J connectivity index is 1.70. The van der Waals surface area contributed by atoms with Crippen molar-refractivity contribution in [2.45, 2.75) is 32.1 Å². The highest BCUT2D eigenvalue weighted by Gasteiger charge is 2.22. The number of sulfonamides is 1. The fourth-order valence-corrected chi connectivity index (χ4v) is 5.03. The van der Waals surface area contributed by atoms with Crippen LogP contribution in [-0.2, 0) is 16.4 Å². The molecule has 0 aromatic carbocycles. The van der Waals surface area contributed by atoms with Crippen LogP contribution >= 0.6 is 11.3 Å². The molecule has 0 saturated heterocycles. The van der Waals surface area contributed by atoms with Gasteiger partial charge in [0.1, 0.15) is 9.90 Å². The number of thiazole rings is 1. The van der Waals surface area contributed by atoms with Crippen LogP contribution in [0.25, 0.3) is 10.6 Å². The molecule has 0 atom stereocenters. The standard InChI is InChI=1S/C16H19N5O2S2/c1-10-14(24-16(19-10)13-5-4-7-17-9-13)6-8-18-25(22,23)15-11(2)20-21-12(15)3/h4-5,7,9,18H,6,8H2,1-3H3,(H,20,21). The van der Waals surface area contributed by atoms with Crippen LogP contribution in [0.2, 0.25) is 0 Å². The normalized spacial score (nSPS) is 11.8. The summed E-state index contributed by atoms with van der Waals surface area (Å²) in [7, 11) is -3.58. The van der Waals surface area contributed by atoms with E-state index in [9.17, 15) is 8.42 Å². The molecule has 3 rings (SSSR count). The van der Waals surface area contributed by atoms with E-state index in [0.29, 0.717) is 24.4 Å². The number of pyridine rings is 1. The van der Waals surface area contributed by atoms with Crippen LogP contribution in [0.5, 0.6) is 0 Å². The van der Waals surface area contributed by atoms with Crippen LogP contribution in [0.4, 0.5) is 0 Å². The number of hydrogen-bond acceptors (Lipinski definition) is 6. The van der Waals surface area contributed by atoms with E-state index < -0.39 is 10.0 Å². The summed E-state index contributed by atoms with van der Waals surface area (Å²) in [5.74, 6) is 0. The number of H-pyrrole nitrogens is 1. The summed E-state index contributed by atoms with van der Waals surface area (Å²) in [5, 5.41) is 7.53. The average molecular weight is 377 g/mol. The highest BCUT2D eigenvalue weighted by molar-refractivity contribution is 7.89. The van der Waals surface area contributed by atoms with Gasteiger partial charge in [0, 0.05) is 29.4 Å². The molecule has 132 valence electrons. The number of rotatable bonds is 6. The van der Waals surface area contributed by atoms with Gasteiger partial charge >= 0.3 is 0 Å². The minimum Gasteiger partial charge on any atom is -0.281 e. The SMILES string of the molecule is Cc1nc(-c2cccnc2)sc1CCNS(=O)(=O)c1c(C)n[nH]c1C. The molecule has 3 aromatic heterocycles. The van der Waals surface area contributed by atoms with Crippen molar-refractivity contribution >= 4 is 21.4 Å². The molecule has 3 heterocycles. The predicted molar refractivity (Wildman–Crippen MR) is 97.0 cm³/mol. The monoisotopic (exact) mass is 377 g/mol. The van der Waals surface area contributed by atoms with Gasteiger partial charge in [-0.1, -0.05) is 0 Å². The van der Waals surface area contributed by atoms with Gasteiger partial charge in [-0.25, -0.2) is 18.1 Å². The van der Waals surface area contributed by atoms with Crippen LogP contribution in [0.15, 0.2) is 29.4 Å². The molecule has 0 aliphatic heterocycles. The van der Waals surface area contributed by atoms with Crippen LogP contribution in [0.1, 0.15) is 22.0 Å². The van der Waals surface area contributed by atoms with E-state index in [2.05, 4.69) is 24.9 Å². The number of nitrogens with one attached hydrogen (secondary N) is 2. The summed E-state index contributed by atoms with van der Waals surface area (Å²) in [6, 6.07) is 3.83. The maximum absolute atomic E-state index is 12.4. The molecule has 0 bridgehead atoms. The van der Waals surface area contributed by atoms with E-state index in [1.807, 2.05) is 19.1 Å². The number of aromatic nitrogens is 4. The smallest absolute Gasteiger partial charge is 0.244 e. The zero-order valence-electron chi connectivity index (χ0n) is 14.2. The average Bonchev–Trinajstić information content (AvgIpc) is 3.11. The highest BCUT2D eigenvalue weighted by atomic mass is 32.2. The van der Waals surface area contributed by atoms with Gasteiger partial charge in [0.25, 0.3) is 0 Å². The molecule has 0 aliphatic carbocycles. The molecule has 0 aliphatic rings. The maximum Gasteiger partial charge on any atom is 0.244 e. The van der Waals surface area contributed by atoms with Gasteiger partial charge in [0.2, 0.25) is 10.0 Å². The molecular formula is C16H19N5O2S2. The van der Waals surface area contributed by atoms with Crippen LogP contribution in [0.3, 0.4) is 0 Å². The Morgan fingerprint density at radius 2 is 2.04 bits per heavy atom. The molecule has 0 unspecified atom stereocenters. The maximum atomic E-state index is 12.4. The summed E-state index contributed by atoms with van der Waals surface area (Å²) in [6.07, 6.45) is 4.08. The molecule has 9 heteroatoms. The van der Waals surface area contributed by atoms with Crippen molar-refractivity contribution in [3.63, 3.8) is 0 Å². The third kappa shape index (κ3) is 3.78. The zero-order chi connectivity index (χ0) is 18.0. The molecule has 2 N–H and O–H groups in total. The van der Waals surface area contributed by atoms with E-state index in [-0.39, 0.29) is 4.90 Å². The third-order valence-corrected chi connectivity index (χ3v) is 6.76. The Morgan fingerprint density at radius 3 is 2.68 bits per heavy atom. The Labute approximate surface area is 150 Å². The summed E-state index contributed by atoms with van der Waals surface area (Å²) < 4.78 is 27.5. The number of hydrogen-bond donors (Lipinski definition) is 2. The van der Waals surface area contributed by atoms with Crippen molar-refractivity contribution in [1.29, 1.82) is 0 Å². The Kier molecular flexibility index (Phi) is 4.98. The van der Waals surface area contributed by atoms with Crippen molar-refractivity contribution in [3.8, 4) is 10.6 Å². The fraction of sp³-hybridized carbons (Fsp3) is 0.312. The van der Waals surface area contributed by atoms with Crippen LogP contribution < -0.4 is 4.72 Å². The minimum atomic E-state index is -3.58. The van der Waals surface area contributed by atoms with E-state index in [4.69, 9.17) is 0 Å². The largest absolute Gasteiger partial charge is 0.281 e. The van der Waals surface area contributed by atoms with Gasteiger partial charge in [-0.05, 0) is 39.3 Å². The quantitative estimate of drug-likeness (QED) is 0.687. The summed E-state index contributed by atoms with van der Waals surface area (Å²) in [6.45, 7) is 5.61. The van der Waals surface area contributed by atoms with Gasteiger partial charge in [-0.3, -0.25) is 10.1 Å². The topological polar surface area (TPSA) is 101 Å². The van der Waals surface area contributed by atoms with Gasteiger partial charge in [-0.2, -0.15) is 5.10 Å². The highest BCUT2D eigenvalue weighted by Crippen LogP contribution is 2.27. The molecular weight excluding hydrogens is 358 g/mol. The fourth-order valence-electron chi connectivity index (χ4n) is 2.58. The van der Waals surface area contributed by atoms with Crippen LogP contribution in [-0.4, -0.2) is 35.1 Å². The lowest BCUT2D eigenvalue weighted by molar-refractivity contribution is 0.580. The minimum absolute atomic E-state index is 0.226. The molecule has 0 saturated carbocycles. The van der Waals surface area contributed by atoms with Crippen molar-refractivity contribution < 1.29 is 8.42 Å². The molecule has 0 fully saturated rings. The second-order valence-corrected chi connectivity index (χ2v) is 8.47. The van der Waals surface area contributed by atoms with Gasteiger partial charge in [-0.15, -0.1) is 11.3 Å². The van der Waals surface area contributed by atoms with E-state index in [1.54, 1.807) is 37.6 Å². The number of nitrogens with zero attached hydrogens (tertiary/aromatic N) is 3. The first-order valence-electron chi connectivity index (χ1n) is 7.76. The molecule has 25 heavy (non-hydrogen) atoms. The molecule has 0 radical (unpaired) electrons. The Hall–Kier alpha value is -2.10. The van der Waals surface area contributed by atoms with Crippen molar-refractivity contribution in [2.75, 3.05) is 6.54 Å². The molecule has 0 spiro atoms. The lowest BCUT2D eigenvalue weighted by atomic mass is 10.3. The van der Waals surface area contributed by atoms with Gasteiger partial charge in [0.15, 0.2) is 0 Å². The second kappa shape index (κ2) is 7.03. The van der Waals surface area contributed by atoms with E-state index in [1.165, 1.54) is 0 Å². The van der Waals surface area contributed by atoms with Crippen molar-refractivity contribution in [1.82, 2.24) is 24.9 Å². The summed E-state index contributed by atoms with van der Waals surface area (Å²) in [4.78, 5) is 9.95. The Morgan fingerprint density at radius 1 is 1.24 bits per heavy atom. The lowest BCUT2D eigenvalue weighted by Gasteiger charge is -2.06. The molecule has 7 nitrogen and oxygen atoms in total. The third-order valence-electron chi connectivity index (χ3n) is 3.77. The van der Waals surface area contributed by atoms with Crippen molar-refractivity contribution in [2.24, 2.45) is 0 Å². The first-order valence-corrected chi connectivity index (χ1v) is 10.1. The summed E-state index contributed by atoms with van der Waals surface area (Å²) >= 11 is 1.56. The predicted octanol–water partition coefficient (Wildman–Crippen LogP) is 2.37. The number of aromatic amines is 1. The van der Waals surface area contributed by atoms with Crippen LogP contribution in [0, 0.1) is 20.8 Å². The number of aryl methyl sites for hydroxylation is 3.